The van der Waals surface area contributed by atoms with Crippen LogP contribution in [-0.4, -0.2) is 11.2 Å². The van der Waals surface area contributed by atoms with Crippen molar-refractivity contribution < 1.29 is 14.2 Å². The SMILES string of the molecule is Cc1cc(C)c(C(O)c2cccc(OC(C)C)c2)c(F)c1. The van der Waals surface area contributed by atoms with Crippen molar-refractivity contribution in [2.75, 3.05) is 0 Å². The highest BCUT2D eigenvalue weighted by atomic mass is 19.1. The standard InChI is InChI=1S/C18H21FO2/c1-11(2)21-15-7-5-6-14(10-15)18(20)17-13(4)8-12(3)9-16(17)19/h5-11,18,20H,1-4H3. The van der Waals surface area contributed by atoms with Crippen LogP contribution in [0.1, 0.15) is 42.2 Å². The molecular formula is C18H21FO2. The molecule has 0 saturated carbocycles. The minimum atomic E-state index is -0.999. The summed E-state index contributed by atoms with van der Waals surface area (Å²) >= 11 is 0. The summed E-state index contributed by atoms with van der Waals surface area (Å²) in [5, 5.41) is 10.5. The van der Waals surface area contributed by atoms with Gasteiger partial charge in [-0.25, -0.2) is 4.39 Å². The smallest absolute Gasteiger partial charge is 0.129 e. The second-order valence-corrected chi connectivity index (χ2v) is 5.62. The molecule has 0 radical (unpaired) electrons. The zero-order valence-corrected chi connectivity index (χ0v) is 12.9. The normalized spacial score (nSPS) is 12.5. The number of aryl methyl sites for hydroxylation is 2. The number of hydrogen-bond acceptors (Lipinski definition) is 2. The van der Waals surface area contributed by atoms with Crippen molar-refractivity contribution in [2.24, 2.45) is 0 Å². The highest BCUT2D eigenvalue weighted by molar-refractivity contribution is 5.40. The van der Waals surface area contributed by atoms with Crippen LogP contribution in [0.2, 0.25) is 0 Å². The number of aliphatic hydroxyl groups excluding tert-OH is 1. The Kier molecular flexibility index (Phi) is 4.63. The van der Waals surface area contributed by atoms with Crippen molar-refractivity contribution in [2.45, 2.75) is 39.9 Å². The molecule has 2 nitrogen and oxygen atoms in total. The Morgan fingerprint density at radius 3 is 2.43 bits per heavy atom. The van der Waals surface area contributed by atoms with Crippen molar-refractivity contribution in [3.05, 3.63) is 64.5 Å². The maximum absolute atomic E-state index is 14.2. The summed E-state index contributed by atoms with van der Waals surface area (Å²) in [7, 11) is 0. The maximum Gasteiger partial charge on any atom is 0.129 e. The number of rotatable bonds is 4. The van der Waals surface area contributed by atoms with Crippen LogP contribution < -0.4 is 4.74 Å². The van der Waals surface area contributed by atoms with E-state index in [4.69, 9.17) is 4.74 Å². The minimum absolute atomic E-state index is 0.0511. The Morgan fingerprint density at radius 1 is 1.10 bits per heavy atom. The largest absolute Gasteiger partial charge is 0.491 e. The Hall–Kier alpha value is -1.87. The van der Waals surface area contributed by atoms with Gasteiger partial charge in [-0.1, -0.05) is 18.2 Å². The zero-order chi connectivity index (χ0) is 15.6. The van der Waals surface area contributed by atoms with Crippen molar-refractivity contribution >= 4 is 0 Å². The average Bonchev–Trinajstić information content (AvgIpc) is 2.36. The molecule has 1 atom stereocenters. The molecular weight excluding hydrogens is 267 g/mol. The van der Waals surface area contributed by atoms with Gasteiger partial charge in [0.05, 0.1) is 6.10 Å². The summed E-state index contributed by atoms with van der Waals surface area (Å²) in [5.41, 5.74) is 2.54. The van der Waals surface area contributed by atoms with E-state index in [1.54, 1.807) is 18.2 Å². The molecule has 0 aromatic heterocycles. The number of benzene rings is 2. The van der Waals surface area contributed by atoms with Crippen LogP contribution in [0.3, 0.4) is 0 Å². The van der Waals surface area contributed by atoms with Gasteiger partial charge in [-0.3, -0.25) is 0 Å². The van der Waals surface area contributed by atoms with Crippen molar-refractivity contribution in [3.63, 3.8) is 0 Å². The van der Waals surface area contributed by atoms with Crippen LogP contribution in [-0.2, 0) is 0 Å². The van der Waals surface area contributed by atoms with Crippen LogP contribution in [0.4, 0.5) is 4.39 Å². The molecule has 1 unspecified atom stereocenters. The lowest BCUT2D eigenvalue weighted by atomic mass is 9.95. The highest BCUT2D eigenvalue weighted by Crippen LogP contribution is 2.30. The molecule has 3 heteroatoms. The van der Waals surface area contributed by atoms with Gasteiger partial charge in [0, 0.05) is 5.56 Å². The third kappa shape index (κ3) is 3.61. The fourth-order valence-electron chi connectivity index (χ4n) is 2.47. The molecule has 1 N–H and O–H groups in total. The highest BCUT2D eigenvalue weighted by Gasteiger charge is 2.18. The summed E-state index contributed by atoms with van der Waals surface area (Å²) in [4.78, 5) is 0. The molecule has 112 valence electrons. The summed E-state index contributed by atoms with van der Waals surface area (Å²) in [6.07, 6.45) is -0.948. The van der Waals surface area contributed by atoms with E-state index in [0.717, 1.165) is 11.1 Å². The molecule has 0 aliphatic rings. The topological polar surface area (TPSA) is 29.5 Å². The number of ether oxygens (including phenoxy) is 1. The van der Waals surface area contributed by atoms with Crippen LogP contribution in [0, 0.1) is 19.7 Å². The first-order valence-electron chi connectivity index (χ1n) is 7.10. The van der Waals surface area contributed by atoms with Gasteiger partial charge in [0.15, 0.2) is 0 Å². The van der Waals surface area contributed by atoms with E-state index >= 15 is 0 Å². The van der Waals surface area contributed by atoms with E-state index in [2.05, 4.69) is 0 Å². The van der Waals surface area contributed by atoms with Crippen molar-refractivity contribution in [3.8, 4) is 5.75 Å². The molecule has 2 aromatic carbocycles. The van der Waals surface area contributed by atoms with E-state index in [1.165, 1.54) is 6.07 Å². The second kappa shape index (κ2) is 6.27. The Balaban J connectivity index is 2.38. The molecule has 0 spiro atoms. The number of hydrogen-bond donors (Lipinski definition) is 1. The average molecular weight is 288 g/mol. The maximum atomic E-state index is 14.2. The number of halogens is 1. The van der Waals surface area contributed by atoms with Gasteiger partial charge in [0.25, 0.3) is 0 Å². The van der Waals surface area contributed by atoms with Gasteiger partial charge in [-0.2, -0.15) is 0 Å². The molecule has 21 heavy (non-hydrogen) atoms. The van der Waals surface area contributed by atoms with Gasteiger partial charge >= 0.3 is 0 Å². The first-order valence-corrected chi connectivity index (χ1v) is 7.10. The Labute approximate surface area is 125 Å². The molecule has 2 aromatic rings. The van der Waals surface area contributed by atoms with Crippen molar-refractivity contribution in [1.82, 2.24) is 0 Å². The predicted octanol–water partition coefficient (Wildman–Crippen LogP) is 4.31. The minimum Gasteiger partial charge on any atom is -0.491 e. The van der Waals surface area contributed by atoms with Crippen LogP contribution in [0.15, 0.2) is 36.4 Å². The fourth-order valence-corrected chi connectivity index (χ4v) is 2.47. The van der Waals surface area contributed by atoms with Crippen LogP contribution >= 0.6 is 0 Å². The quantitative estimate of drug-likeness (QED) is 0.908. The lowest BCUT2D eigenvalue weighted by molar-refractivity contribution is 0.211. The van der Waals surface area contributed by atoms with Gasteiger partial charge in [0.2, 0.25) is 0 Å². The van der Waals surface area contributed by atoms with E-state index in [0.29, 0.717) is 16.9 Å². The monoisotopic (exact) mass is 288 g/mol. The zero-order valence-electron chi connectivity index (χ0n) is 12.9. The summed E-state index contributed by atoms with van der Waals surface area (Å²) in [5.74, 6) is 0.293. The van der Waals surface area contributed by atoms with Gasteiger partial charge in [0.1, 0.15) is 17.7 Å². The van der Waals surface area contributed by atoms with Crippen molar-refractivity contribution in [1.29, 1.82) is 0 Å². The lowest BCUT2D eigenvalue weighted by Gasteiger charge is -2.17. The lowest BCUT2D eigenvalue weighted by Crippen LogP contribution is -2.08. The van der Waals surface area contributed by atoms with E-state index in [-0.39, 0.29) is 11.9 Å². The molecule has 0 bridgehead atoms. The third-order valence-electron chi connectivity index (χ3n) is 3.30. The Bertz CT molecular complexity index is 612. The Morgan fingerprint density at radius 2 is 1.81 bits per heavy atom. The molecule has 0 aliphatic heterocycles. The summed E-state index contributed by atoms with van der Waals surface area (Å²) in [6, 6.07) is 10.5. The third-order valence-corrected chi connectivity index (χ3v) is 3.30. The fraction of sp³-hybridized carbons (Fsp3) is 0.333. The molecule has 0 fully saturated rings. The molecule has 0 amide bonds. The molecule has 0 saturated heterocycles. The van der Waals surface area contributed by atoms with E-state index in [1.807, 2.05) is 39.8 Å². The summed E-state index contributed by atoms with van der Waals surface area (Å²) in [6.45, 7) is 7.52. The van der Waals surface area contributed by atoms with Gasteiger partial charge < -0.3 is 9.84 Å². The second-order valence-electron chi connectivity index (χ2n) is 5.62. The van der Waals surface area contributed by atoms with Gasteiger partial charge in [-0.05, 0) is 62.6 Å². The van der Waals surface area contributed by atoms with E-state index in [9.17, 15) is 9.50 Å². The van der Waals surface area contributed by atoms with Crippen LogP contribution in [0.25, 0.3) is 0 Å². The first kappa shape index (κ1) is 15.5. The predicted molar refractivity (Wildman–Crippen MR) is 82.1 cm³/mol. The van der Waals surface area contributed by atoms with Gasteiger partial charge in [-0.15, -0.1) is 0 Å². The first-order chi connectivity index (χ1) is 9.88. The van der Waals surface area contributed by atoms with E-state index < -0.39 is 6.10 Å². The summed E-state index contributed by atoms with van der Waals surface area (Å²) < 4.78 is 19.8. The van der Waals surface area contributed by atoms with Crippen LogP contribution in [0.5, 0.6) is 5.75 Å². The number of aliphatic hydroxyl groups is 1. The molecule has 2 rings (SSSR count). The molecule has 0 heterocycles. The molecule has 0 aliphatic carbocycles.